The van der Waals surface area contributed by atoms with Gasteiger partial charge in [0.1, 0.15) is 11.6 Å². The third-order valence-corrected chi connectivity index (χ3v) is 6.20. The van der Waals surface area contributed by atoms with Gasteiger partial charge in [-0.3, -0.25) is 4.79 Å². The van der Waals surface area contributed by atoms with E-state index in [1.807, 2.05) is 6.07 Å². The fraction of sp³-hybridized carbons (Fsp3) is 0.440. The van der Waals surface area contributed by atoms with E-state index in [2.05, 4.69) is 28.1 Å². The van der Waals surface area contributed by atoms with E-state index in [1.165, 1.54) is 56.2 Å². The number of hydrogen-bond acceptors (Lipinski definition) is 2. The Morgan fingerprint density at radius 1 is 1.07 bits per heavy atom. The van der Waals surface area contributed by atoms with Crippen LogP contribution < -0.4 is 5.32 Å². The van der Waals surface area contributed by atoms with Gasteiger partial charge < -0.3 is 9.88 Å². The number of amides is 1. The summed E-state index contributed by atoms with van der Waals surface area (Å²) in [6, 6.07) is 14.4. The van der Waals surface area contributed by atoms with Crippen LogP contribution >= 0.6 is 0 Å². The molecule has 1 fully saturated rings. The van der Waals surface area contributed by atoms with E-state index in [9.17, 15) is 9.18 Å². The summed E-state index contributed by atoms with van der Waals surface area (Å²) in [6.07, 6.45) is 9.58. The summed E-state index contributed by atoms with van der Waals surface area (Å²) in [5.41, 5.74) is 2.32. The first-order valence-corrected chi connectivity index (χ1v) is 11.2. The molecule has 1 heterocycles. The van der Waals surface area contributed by atoms with Crippen molar-refractivity contribution in [3.63, 3.8) is 0 Å². The highest BCUT2D eigenvalue weighted by Crippen LogP contribution is 2.28. The van der Waals surface area contributed by atoms with E-state index in [4.69, 9.17) is 4.98 Å². The smallest absolute Gasteiger partial charge is 0.254 e. The van der Waals surface area contributed by atoms with Crippen LogP contribution in [-0.2, 0) is 13.0 Å². The predicted octanol–water partition coefficient (Wildman–Crippen LogP) is 5.51. The largest absolute Gasteiger partial charge is 0.352 e. The maximum atomic E-state index is 13.7. The molecule has 0 aliphatic heterocycles. The Hall–Kier alpha value is -2.69. The summed E-state index contributed by atoms with van der Waals surface area (Å²) in [6.45, 7) is 1.50. The number of imidazole rings is 1. The van der Waals surface area contributed by atoms with Gasteiger partial charge in [0.2, 0.25) is 0 Å². The maximum absolute atomic E-state index is 13.7. The lowest BCUT2D eigenvalue weighted by atomic mass is 9.87. The molecular weight excluding hydrogens is 377 g/mol. The van der Waals surface area contributed by atoms with Crippen LogP contribution in [0, 0.1) is 11.7 Å². The fourth-order valence-electron chi connectivity index (χ4n) is 4.54. The molecule has 158 valence electrons. The topological polar surface area (TPSA) is 46.9 Å². The first kappa shape index (κ1) is 20.6. The van der Waals surface area contributed by atoms with Crippen molar-refractivity contribution in [1.29, 1.82) is 0 Å². The van der Waals surface area contributed by atoms with E-state index >= 15 is 0 Å². The number of hydrogen-bond donors (Lipinski definition) is 1. The summed E-state index contributed by atoms with van der Waals surface area (Å²) in [5.74, 6) is 1.05. The highest BCUT2D eigenvalue weighted by Gasteiger charge is 2.16. The van der Waals surface area contributed by atoms with Crippen LogP contribution in [0.4, 0.5) is 4.39 Å². The molecule has 0 unspecified atom stereocenters. The molecule has 1 saturated carbocycles. The van der Waals surface area contributed by atoms with Crippen molar-refractivity contribution in [3.8, 4) is 0 Å². The summed E-state index contributed by atoms with van der Waals surface area (Å²) in [5, 5.41) is 2.83. The zero-order valence-electron chi connectivity index (χ0n) is 17.4. The summed E-state index contributed by atoms with van der Waals surface area (Å²) < 4.78 is 16.1. The monoisotopic (exact) mass is 407 g/mol. The molecule has 0 radical (unpaired) electrons. The maximum Gasteiger partial charge on any atom is 0.254 e. The molecule has 3 aromatic rings. The number of halogens is 1. The number of nitrogens with zero attached hydrogens (tertiary/aromatic N) is 2. The Bertz CT molecular complexity index is 991. The Morgan fingerprint density at radius 3 is 2.67 bits per heavy atom. The Balaban J connectivity index is 1.37. The van der Waals surface area contributed by atoms with Gasteiger partial charge in [-0.15, -0.1) is 0 Å². The van der Waals surface area contributed by atoms with Crippen molar-refractivity contribution in [2.75, 3.05) is 6.54 Å². The van der Waals surface area contributed by atoms with E-state index in [0.717, 1.165) is 36.6 Å². The number of benzene rings is 2. The van der Waals surface area contributed by atoms with Crippen molar-refractivity contribution in [1.82, 2.24) is 14.9 Å². The first-order valence-electron chi connectivity index (χ1n) is 11.2. The Kier molecular flexibility index (Phi) is 6.77. The number of aromatic nitrogens is 2. The van der Waals surface area contributed by atoms with Crippen LogP contribution in [0.15, 0.2) is 48.5 Å². The van der Waals surface area contributed by atoms with Gasteiger partial charge in [-0.05, 0) is 43.0 Å². The molecule has 1 amide bonds. The van der Waals surface area contributed by atoms with Crippen LogP contribution in [0.2, 0.25) is 0 Å². The summed E-state index contributed by atoms with van der Waals surface area (Å²) in [4.78, 5) is 17.0. The molecule has 2 aromatic carbocycles. The minimum atomic E-state index is -0.487. The Labute approximate surface area is 177 Å². The van der Waals surface area contributed by atoms with Gasteiger partial charge >= 0.3 is 0 Å². The van der Waals surface area contributed by atoms with Crippen LogP contribution in [0.25, 0.3) is 11.0 Å². The van der Waals surface area contributed by atoms with Gasteiger partial charge in [0.05, 0.1) is 16.6 Å². The number of rotatable bonds is 8. The molecule has 1 N–H and O–H groups in total. The molecule has 0 bridgehead atoms. The van der Waals surface area contributed by atoms with Gasteiger partial charge in [-0.2, -0.15) is 0 Å². The highest BCUT2D eigenvalue weighted by molar-refractivity contribution is 5.94. The van der Waals surface area contributed by atoms with Crippen molar-refractivity contribution >= 4 is 16.9 Å². The van der Waals surface area contributed by atoms with E-state index < -0.39 is 5.82 Å². The molecule has 0 saturated heterocycles. The third-order valence-electron chi connectivity index (χ3n) is 6.20. The van der Waals surface area contributed by atoms with Crippen LogP contribution in [0.1, 0.15) is 61.1 Å². The molecule has 1 aromatic heterocycles. The molecule has 30 heavy (non-hydrogen) atoms. The quantitative estimate of drug-likeness (QED) is 0.501. The van der Waals surface area contributed by atoms with Crippen molar-refractivity contribution < 1.29 is 9.18 Å². The molecule has 5 heteroatoms. The average molecular weight is 408 g/mol. The van der Waals surface area contributed by atoms with Gasteiger partial charge in [-0.25, -0.2) is 9.37 Å². The lowest BCUT2D eigenvalue weighted by Gasteiger charge is -2.22. The van der Waals surface area contributed by atoms with Crippen LogP contribution in [0.3, 0.4) is 0 Å². The van der Waals surface area contributed by atoms with Gasteiger partial charge in [-0.1, -0.05) is 56.4 Å². The number of aryl methyl sites for hydroxylation is 2. The third kappa shape index (κ3) is 4.89. The van der Waals surface area contributed by atoms with E-state index in [0.29, 0.717) is 6.54 Å². The minimum absolute atomic E-state index is 0.0946. The van der Waals surface area contributed by atoms with Crippen molar-refractivity contribution in [2.45, 2.75) is 57.9 Å². The number of nitrogens with one attached hydrogen (secondary N) is 1. The van der Waals surface area contributed by atoms with Crippen molar-refractivity contribution in [2.24, 2.45) is 5.92 Å². The second-order valence-corrected chi connectivity index (χ2v) is 8.30. The van der Waals surface area contributed by atoms with Crippen molar-refractivity contribution in [3.05, 3.63) is 65.7 Å². The number of para-hydroxylation sites is 2. The zero-order chi connectivity index (χ0) is 20.8. The number of fused-ring (bicyclic) bond motifs is 1. The standard InChI is InChI=1S/C25H30FN3O/c26-21-12-5-4-11-20(21)25(30)27-17-8-15-24-28-22-13-6-7-14-23(22)29(24)18-16-19-9-2-1-3-10-19/h4-7,11-14,19H,1-3,8-10,15-18H2,(H,27,30). The van der Waals surface area contributed by atoms with Gasteiger partial charge in [0, 0.05) is 19.5 Å². The molecule has 4 rings (SSSR count). The predicted molar refractivity (Wildman–Crippen MR) is 118 cm³/mol. The molecule has 4 nitrogen and oxygen atoms in total. The normalized spacial score (nSPS) is 14.8. The molecule has 1 aliphatic rings. The Morgan fingerprint density at radius 2 is 1.83 bits per heavy atom. The SMILES string of the molecule is O=C(NCCCc1nc2ccccc2n1CCC1CCCCC1)c1ccccc1F. The van der Waals surface area contributed by atoms with Crippen LogP contribution in [-0.4, -0.2) is 22.0 Å². The minimum Gasteiger partial charge on any atom is -0.352 e. The number of carbonyl (C=O) groups excluding carboxylic acids is 1. The average Bonchev–Trinajstić information content (AvgIpc) is 3.13. The molecule has 0 atom stereocenters. The highest BCUT2D eigenvalue weighted by atomic mass is 19.1. The second kappa shape index (κ2) is 9.88. The second-order valence-electron chi connectivity index (χ2n) is 8.30. The van der Waals surface area contributed by atoms with Gasteiger partial charge in [0.15, 0.2) is 0 Å². The molecule has 0 spiro atoms. The van der Waals surface area contributed by atoms with Crippen LogP contribution in [0.5, 0.6) is 0 Å². The molecular formula is C25H30FN3O. The summed E-state index contributed by atoms with van der Waals surface area (Å²) in [7, 11) is 0. The lowest BCUT2D eigenvalue weighted by molar-refractivity contribution is 0.0949. The first-order chi connectivity index (χ1) is 14.7. The zero-order valence-corrected chi connectivity index (χ0v) is 17.4. The molecule has 1 aliphatic carbocycles. The lowest BCUT2D eigenvalue weighted by Crippen LogP contribution is -2.26. The fourth-order valence-corrected chi connectivity index (χ4v) is 4.54. The van der Waals surface area contributed by atoms with E-state index in [1.54, 1.807) is 12.1 Å². The van der Waals surface area contributed by atoms with Gasteiger partial charge in [0.25, 0.3) is 5.91 Å². The summed E-state index contributed by atoms with van der Waals surface area (Å²) >= 11 is 0. The van der Waals surface area contributed by atoms with E-state index in [-0.39, 0.29) is 11.5 Å². The number of carbonyl (C=O) groups is 1.